The van der Waals surface area contributed by atoms with E-state index in [-0.39, 0.29) is 24.1 Å². The maximum Gasteiger partial charge on any atom is 0.313 e. The van der Waals surface area contributed by atoms with Crippen molar-refractivity contribution in [2.75, 3.05) is 0 Å². The fourth-order valence-electron chi connectivity index (χ4n) is 3.62. The zero-order valence-corrected chi connectivity index (χ0v) is 17.7. The molecule has 3 nitrogen and oxygen atoms in total. The Morgan fingerprint density at radius 2 is 1.56 bits per heavy atom. The second-order valence-corrected chi connectivity index (χ2v) is 7.90. The van der Waals surface area contributed by atoms with Gasteiger partial charge in [-0.05, 0) is 44.9 Å². The van der Waals surface area contributed by atoms with Gasteiger partial charge < -0.3 is 9.84 Å². The van der Waals surface area contributed by atoms with E-state index in [4.69, 9.17) is 4.74 Å². The number of ether oxygens (including phenoxy) is 1. The third kappa shape index (κ3) is 11.4. The van der Waals surface area contributed by atoms with Crippen LogP contribution in [0.25, 0.3) is 0 Å². The minimum atomic E-state index is -0.324. The number of hydrogen-bond acceptors (Lipinski definition) is 3. The van der Waals surface area contributed by atoms with E-state index >= 15 is 0 Å². The number of carbonyl (C=O) groups is 1. The lowest BCUT2D eigenvalue weighted by atomic mass is 9.89. The van der Waals surface area contributed by atoms with Crippen LogP contribution >= 0.6 is 0 Å². The Bertz CT molecular complexity index is 427. The number of cyclic esters (lactones) is 1. The SMILES string of the molecule is CCCCCC=CCC=CCCCCCCCC(O)C[C@H]1OC(=O)[C@H]1CC. The van der Waals surface area contributed by atoms with Gasteiger partial charge in [0.05, 0.1) is 12.0 Å². The van der Waals surface area contributed by atoms with Crippen LogP contribution in [0.2, 0.25) is 0 Å². The van der Waals surface area contributed by atoms with Crippen molar-refractivity contribution in [2.24, 2.45) is 5.92 Å². The predicted molar refractivity (Wildman–Crippen MR) is 114 cm³/mol. The molecule has 0 aromatic carbocycles. The molecule has 0 spiro atoms. The molecule has 0 aromatic rings. The first-order chi connectivity index (χ1) is 13.2. The van der Waals surface area contributed by atoms with E-state index < -0.39 is 0 Å². The Morgan fingerprint density at radius 1 is 0.926 bits per heavy atom. The van der Waals surface area contributed by atoms with Crippen molar-refractivity contribution in [1.82, 2.24) is 0 Å². The highest BCUT2D eigenvalue weighted by atomic mass is 16.6. The van der Waals surface area contributed by atoms with Crippen LogP contribution in [0.15, 0.2) is 24.3 Å². The molecule has 1 unspecified atom stereocenters. The monoisotopic (exact) mass is 378 g/mol. The van der Waals surface area contributed by atoms with Crippen molar-refractivity contribution >= 4 is 5.97 Å². The fourth-order valence-corrected chi connectivity index (χ4v) is 3.62. The van der Waals surface area contributed by atoms with Gasteiger partial charge in [-0.15, -0.1) is 0 Å². The Morgan fingerprint density at radius 3 is 2.19 bits per heavy atom. The smallest absolute Gasteiger partial charge is 0.313 e. The maximum absolute atomic E-state index is 11.2. The number of esters is 1. The molecule has 0 amide bonds. The Kier molecular flexibility index (Phi) is 14.1. The van der Waals surface area contributed by atoms with Gasteiger partial charge >= 0.3 is 5.97 Å². The Balaban J connectivity index is 1.86. The topological polar surface area (TPSA) is 46.5 Å². The van der Waals surface area contributed by atoms with Crippen LogP contribution in [0.3, 0.4) is 0 Å². The van der Waals surface area contributed by atoms with Crippen LogP contribution in [-0.4, -0.2) is 23.3 Å². The molecule has 27 heavy (non-hydrogen) atoms. The van der Waals surface area contributed by atoms with Gasteiger partial charge in [0.15, 0.2) is 0 Å². The average Bonchev–Trinajstić information content (AvgIpc) is 2.64. The number of carbonyl (C=O) groups excluding carboxylic acids is 1. The molecule has 1 aliphatic heterocycles. The summed E-state index contributed by atoms with van der Waals surface area (Å²) in [4.78, 5) is 11.2. The molecule has 1 N–H and O–H groups in total. The first-order valence-electron chi connectivity index (χ1n) is 11.4. The van der Waals surface area contributed by atoms with Crippen LogP contribution < -0.4 is 0 Å². The molecule has 0 aromatic heterocycles. The van der Waals surface area contributed by atoms with Gasteiger partial charge in [0.1, 0.15) is 6.10 Å². The molecule has 1 heterocycles. The molecule has 1 fully saturated rings. The maximum atomic E-state index is 11.2. The molecule has 0 bridgehead atoms. The van der Waals surface area contributed by atoms with Crippen LogP contribution in [0.4, 0.5) is 0 Å². The number of allylic oxidation sites excluding steroid dienone is 4. The van der Waals surface area contributed by atoms with E-state index in [1.165, 1.54) is 57.8 Å². The standard InChI is InChI=1S/C24H42O3/c1-3-5-6-7-8-9-10-11-12-13-14-15-16-17-18-19-21(25)20-23-22(4-2)24(26)27-23/h8-9,11-12,21-23,25H,3-7,10,13-20H2,1-2H3/t21?,22-,23+/m0/s1. The normalized spacial score (nSPS) is 20.9. The van der Waals surface area contributed by atoms with Crippen molar-refractivity contribution in [3.05, 3.63) is 24.3 Å². The van der Waals surface area contributed by atoms with E-state index in [0.717, 1.165) is 25.7 Å². The number of aliphatic hydroxyl groups excluding tert-OH is 1. The summed E-state index contributed by atoms with van der Waals surface area (Å²) in [6, 6.07) is 0. The van der Waals surface area contributed by atoms with Crippen molar-refractivity contribution < 1.29 is 14.6 Å². The predicted octanol–water partition coefficient (Wildman–Crippen LogP) is 6.50. The summed E-state index contributed by atoms with van der Waals surface area (Å²) in [6.45, 7) is 4.25. The fraction of sp³-hybridized carbons (Fsp3) is 0.792. The number of aliphatic hydroxyl groups is 1. The lowest BCUT2D eigenvalue weighted by Crippen LogP contribution is -2.46. The molecule has 0 saturated carbocycles. The zero-order chi connectivity index (χ0) is 19.7. The summed E-state index contributed by atoms with van der Waals surface area (Å²) < 4.78 is 5.13. The molecular weight excluding hydrogens is 336 g/mol. The van der Waals surface area contributed by atoms with Gasteiger partial charge in [0, 0.05) is 6.42 Å². The molecule has 3 atom stereocenters. The second kappa shape index (κ2) is 15.9. The highest BCUT2D eigenvalue weighted by Crippen LogP contribution is 2.29. The minimum Gasteiger partial charge on any atom is -0.461 e. The van der Waals surface area contributed by atoms with Gasteiger partial charge in [-0.2, -0.15) is 0 Å². The third-order valence-electron chi connectivity index (χ3n) is 5.45. The number of hydrogen-bond donors (Lipinski definition) is 1. The highest BCUT2D eigenvalue weighted by Gasteiger charge is 2.41. The van der Waals surface area contributed by atoms with E-state index in [1.807, 2.05) is 6.92 Å². The molecule has 1 saturated heterocycles. The summed E-state index contributed by atoms with van der Waals surface area (Å²) >= 11 is 0. The quantitative estimate of drug-likeness (QED) is 0.178. The van der Waals surface area contributed by atoms with Crippen molar-refractivity contribution in [1.29, 1.82) is 0 Å². The van der Waals surface area contributed by atoms with Crippen LogP contribution in [0.5, 0.6) is 0 Å². The van der Waals surface area contributed by atoms with E-state index in [2.05, 4.69) is 31.2 Å². The molecular formula is C24H42O3. The second-order valence-electron chi connectivity index (χ2n) is 7.90. The van der Waals surface area contributed by atoms with Crippen LogP contribution in [-0.2, 0) is 9.53 Å². The summed E-state index contributed by atoms with van der Waals surface area (Å²) in [6.07, 6.45) is 24.5. The van der Waals surface area contributed by atoms with Crippen LogP contribution in [0, 0.1) is 5.92 Å². The lowest BCUT2D eigenvalue weighted by molar-refractivity contribution is -0.188. The Labute approximate surface area is 167 Å². The summed E-state index contributed by atoms with van der Waals surface area (Å²) in [5, 5.41) is 10.1. The van der Waals surface area contributed by atoms with Gasteiger partial charge in [-0.3, -0.25) is 4.79 Å². The highest BCUT2D eigenvalue weighted by molar-refractivity contribution is 5.78. The summed E-state index contributed by atoms with van der Waals surface area (Å²) in [5.41, 5.74) is 0. The molecule has 3 heteroatoms. The molecule has 1 rings (SSSR count). The van der Waals surface area contributed by atoms with Crippen molar-refractivity contribution in [3.63, 3.8) is 0 Å². The number of unbranched alkanes of at least 4 members (excludes halogenated alkanes) is 8. The molecule has 156 valence electrons. The first-order valence-corrected chi connectivity index (χ1v) is 11.4. The lowest BCUT2D eigenvalue weighted by Gasteiger charge is -2.35. The van der Waals surface area contributed by atoms with Gasteiger partial charge in [0.25, 0.3) is 0 Å². The zero-order valence-electron chi connectivity index (χ0n) is 17.7. The molecule has 1 aliphatic rings. The Hall–Kier alpha value is -1.09. The average molecular weight is 379 g/mol. The van der Waals surface area contributed by atoms with Gasteiger partial charge in [-0.1, -0.05) is 76.7 Å². The largest absolute Gasteiger partial charge is 0.461 e. The van der Waals surface area contributed by atoms with E-state index in [1.54, 1.807) is 0 Å². The first kappa shape index (κ1) is 23.9. The van der Waals surface area contributed by atoms with Gasteiger partial charge in [-0.25, -0.2) is 0 Å². The van der Waals surface area contributed by atoms with E-state index in [0.29, 0.717) is 6.42 Å². The van der Waals surface area contributed by atoms with Gasteiger partial charge in [0.2, 0.25) is 0 Å². The third-order valence-corrected chi connectivity index (χ3v) is 5.45. The van der Waals surface area contributed by atoms with Crippen LogP contribution in [0.1, 0.15) is 104 Å². The van der Waals surface area contributed by atoms with Crippen molar-refractivity contribution in [2.45, 2.75) is 116 Å². The van der Waals surface area contributed by atoms with E-state index in [9.17, 15) is 9.90 Å². The summed E-state index contributed by atoms with van der Waals surface area (Å²) in [7, 11) is 0. The summed E-state index contributed by atoms with van der Waals surface area (Å²) in [5.74, 6) is -0.0731. The minimum absolute atomic E-state index is 0.0178. The molecule has 0 aliphatic carbocycles. The number of rotatable bonds is 17. The van der Waals surface area contributed by atoms with Crippen molar-refractivity contribution in [3.8, 4) is 0 Å². The molecule has 0 radical (unpaired) electrons.